The van der Waals surface area contributed by atoms with Gasteiger partial charge in [-0.25, -0.2) is 0 Å². The van der Waals surface area contributed by atoms with E-state index in [2.05, 4.69) is 19.3 Å². The van der Waals surface area contributed by atoms with Gasteiger partial charge in [0.05, 0.1) is 19.3 Å². The van der Waals surface area contributed by atoms with Crippen molar-refractivity contribution in [2.24, 2.45) is 11.8 Å². The molecule has 0 amide bonds. The van der Waals surface area contributed by atoms with Crippen molar-refractivity contribution in [2.45, 2.75) is 31.9 Å². The fraction of sp³-hybridized carbons (Fsp3) is 1.00. The monoisotopic (exact) mass is 199 g/mol. The summed E-state index contributed by atoms with van der Waals surface area (Å²) in [7, 11) is 2.06. The van der Waals surface area contributed by atoms with E-state index in [4.69, 9.17) is 9.47 Å². The van der Waals surface area contributed by atoms with E-state index in [1.807, 2.05) is 0 Å². The van der Waals surface area contributed by atoms with Crippen LogP contribution in [0.4, 0.5) is 0 Å². The standard InChI is InChI=1S/C11H21NO2/c1-8-5-10(7-14-8)11(12-2)9-3-4-13-6-9/h8-12H,3-7H2,1-2H3. The van der Waals surface area contributed by atoms with E-state index in [9.17, 15) is 0 Å². The summed E-state index contributed by atoms with van der Waals surface area (Å²) in [5.74, 6) is 1.38. The molecule has 3 heteroatoms. The Morgan fingerprint density at radius 1 is 1.29 bits per heavy atom. The fourth-order valence-corrected chi connectivity index (χ4v) is 2.79. The molecule has 2 aliphatic rings. The zero-order valence-corrected chi connectivity index (χ0v) is 9.16. The van der Waals surface area contributed by atoms with Crippen molar-refractivity contribution >= 4 is 0 Å². The van der Waals surface area contributed by atoms with Crippen LogP contribution in [-0.4, -0.2) is 39.0 Å². The molecule has 0 aromatic heterocycles. The molecule has 0 aromatic rings. The van der Waals surface area contributed by atoms with E-state index in [1.54, 1.807) is 0 Å². The van der Waals surface area contributed by atoms with Crippen molar-refractivity contribution in [3.05, 3.63) is 0 Å². The highest BCUT2D eigenvalue weighted by Crippen LogP contribution is 2.29. The molecule has 2 fully saturated rings. The molecule has 0 saturated carbocycles. The lowest BCUT2D eigenvalue weighted by Gasteiger charge is -2.26. The first-order valence-electron chi connectivity index (χ1n) is 5.68. The van der Waals surface area contributed by atoms with Crippen LogP contribution in [-0.2, 0) is 9.47 Å². The molecule has 3 nitrogen and oxygen atoms in total. The molecule has 0 radical (unpaired) electrons. The van der Waals surface area contributed by atoms with E-state index in [0.29, 0.717) is 24.0 Å². The lowest BCUT2D eigenvalue weighted by atomic mass is 9.86. The Balaban J connectivity index is 1.91. The zero-order valence-electron chi connectivity index (χ0n) is 9.16. The van der Waals surface area contributed by atoms with Gasteiger partial charge in [-0.3, -0.25) is 0 Å². The van der Waals surface area contributed by atoms with Crippen LogP contribution in [0.3, 0.4) is 0 Å². The molecule has 0 spiro atoms. The summed E-state index contributed by atoms with van der Waals surface area (Å²) in [4.78, 5) is 0. The SMILES string of the molecule is CNC(C1CCOC1)C1COC(C)C1. The Morgan fingerprint density at radius 3 is 2.64 bits per heavy atom. The first kappa shape index (κ1) is 10.4. The van der Waals surface area contributed by atoms with Gasteiger partial charge >= 0.3 is 0 Å². The van der Waals surface area contributed by atoms with Crippen LogP contribution >= 0.6 is 0 Å². The maximum absolute atomic E-state index is 5.63. The quantitative estimate of drug-likeness (QED) is 0.736. The molecular formula is C11H21NO2. The van der Waals surface area contributed by atoms with Crippen LogP contribution in [0.15, 0.2) is 0 Å². The lowest BCUT2D eigenvalue weighted by Crippen LogP contribution is -2.41. The van der Waals surface area contributed by atoms with E-state index >= 15 is 0 Å². The van der Waals surface area contributed by atoms with E-state index in [0.717, 1.165) is 19.8 Å². The second-order valence-electron chi connectivity index (χ2n) is 4.58. The topological polar surface area (TPSA) is 30.5 Å². The number of hydrogen-bond donors (Lipinski definition) is 1. The minimum Gasteiger partial charge on any atom is -0.381 e. The van der Waals surface area contributed by atoms with E-state index < -0.39 is 0 Å². The summed E-state index contributed by atoms with van der Waals surface area (Å²) in [6.45, 7) is 4.95. The van der Waals surface area contributed by atoms with Crippen molar-refractivity contribution in [2.75, 3.05) is 26.9 Å². The smallest absolute Gasteiger partial charge is 0.0551 e. The molecule has 4 atom stereocenters. The van der Waals surface area contributed by atoms with Crippen molar-refractivity contribution in [3.63, 3.8) is 0 Å². The van der Waals surface area contributed by atoms with Gasteiger partial charge in [-0.05, 0) is 26.8 Å². The second-order valence-corrected chi connectivity index (χ2v) is 4.58. The first-order valence-corrected chi connectivity index (χ1v) is 5.68. The zero-order chi connectivity index (χ0) is 9.97. The van der Waals surface area contributed by atoms with Gasteiger partial charge in [-0.2, -0.15) is 0 Å². The van der Waals surface area contributed by atoms with E-state index in [1.165, 1.54) is 12.8 Å². The Hall–Kier alpha value is -0.120. The third kappa shape index (κ3) is 2.10. The predicted octanol–water partition coefficient (Wildman–Crippen LogP) is 1.04. The maximum atomic E-state index is 5.63. The molecule has 2 heterocycles. The molecule has 4 unspecified atom stereocenters. The van der Waals surface area contributed by atoms with E-state index in [-0.39, 0.29) is 0 Å². The number of nitrogens with one attached hydrogen (secondary N) is 1. The summed E-state index contributed by atoms with van der Waals surface area (Å²) in [6.07, 6.45) is 2.84. The molecule has 1 N–H and O–H groups in total. The highest BCUT2D eigenvalue weighted by Gasteiger charge is 2.35. The summed E-state index contributed by atoms with van der Waals surface area (Å²) in [5.41, 5.74) is 0. The van der Waals surface area contributed by atoms with Crippen molar-refractivity contribution < 1.29 is 9.47 Å². The van der Waals surface area contributed by atoms with Crippen LogP contribution in [0.2, 0.25) is 0 Å². The molecule has 0 bridgehead atoms. The average molecular weight is 199 g/mol. The molecule has 2 rings (SSSR count). The van der Waals surface area contributed by atoms with Gasteiger partial charge < -0.3 is 14.8 Å². The molecule has 0 aromatic carbocycles. The third-order valence-electron chi connectivity index (χ3n) is 3.54. The second kappa shape index (κ2) is 4.60. The molecule has 82 valence electrons. The molecule has 0 aliphatic carbocycles. The molecule has 2 aliphatic heterocycles. The normalized spacial score (nSPS) is 40.3. The first-order chi connectivity index (χ1) is 6.81. The summed E-state index contributed by atoms with van der Waals surface area (Å²) in [6, 6.07) is 0.586. The lowest BCUT2D eigenvalue weighted by molar-refractivity contribution is 0.112. The maximum Gasteiger partial charge on any atom is 0.0551 e. The predicted molar refractivity (Wildman–Crippen MR) is 55.3 cm³/mol. The van der Waals surface area contributed by atoms with Crippen molar-refractivity contribution in [3.8, 4) is 0 Å². The highest BCUT2D eigenvalue weighted by molar-refractivity contribution is 4.87. The number of ether oxygens (including phenoxy) is 2. The molecular weight excluding hydrogens is 178 g/mol. The summed E-state index contributed by atoms with van der Waals surface area (Å²) < 4.78 is 11.1. The Bertz CT molecular complexity index is 180. The van der Waals surface area contributed by atoms with Gasteiger partial charge in [-0.1, -0.05) is 0 Å². The van der Waals surface area contributed by atoms with Crippen molar-refractivity contribution in [1.29, 1.82) is 0 Å². The Kier molecular flexibility index (Phi) is 3.42. The fourth-order valence-electron chi connectivity index (χ4n) is 2.79. The molecule has 14 heavy (non-hydrogen) atoms. The Labute approximate surface area is 86.2 Å². The van der Waals surface area contributed by atoms with Gasteiger partial charge in [0.15, 0.2) is 0 Å². The van der Waals surface area contributed by atoms with Crippen LogP contribution in [0.25, 0.3) is 0 Å². The largest absolute Gasteiger partial charge is 0.381 e. The number of rotatable bonds is 3. The van der Waals surface area contributed by atoms with Crippen molar-refractivity contribution in [1.82, 2.24) is 5.32 Å². The van der Waals surface area contributed by atoms with Gasteiger partial charge in [0.1, 0.15) is 0 Å². The highest BCUT2D eigenvalue weighted by atomic mass is 16.5. The minimum atomic E-state index is 0.443. The van der Waals surface area contributed by atoms with Gasteiger partial charge in [0, 0.05) is 24.5 Å². The Morgan fingerprint density at radius 2 is 2.14 bits per heavy atom. The molecule has 2 saturated heterocycles. The minimum absolute atomic E-state index is 0.443. The van der Waals surface area contributed by atoms with Crippen LogP contribution in [0, 0.1) is 11.8 Å². The van der Waals surface area contributed by atoms with Gasteiger partial charge in [0.2, 0.25) is 0 Å². The van der Waals surface area contributed by atoms with Crippen LogP contribution in [0.5, 0.6) is 0 Å². The van der Waals surface area contributed by atoms with Gasteiger partial charge in [0.25, 0.3) is 0 Å². The third-order valence-corrected chi connectivity index (χ3v) is 3.54. The summed E-state index contributed by atoms with van der Waals surface area (Å²) >= 11 is 0. The van der Waals surface area contributed by atoms with Gasteiger partial charge in [-0.15, -0.1) is 0 Å². The summed E-state index contributed by atoms with van der Waals surface area (Å²) in [5, 5.41) is 3.45. The average Bonchev–Trinajstić information content (AvgIpc) is 2.79. The number of hydrogen-bond acceptors (Lipinski definition) is 3. The van der Waals surface area contributed by atoms with Crippen LogP contribution in [0.1, 0.15) is 19.8 Å². The van der Waals surface area contributed by atoms with Crippen LogP contribution < -0.4 is 5.32 Å².